The summed E-state index contributed by atoms with van der Waals surface area (Å²) in [5.41, 5.74) is 2.57. The molecule has 1 nitrogen and oxygen atoms in total. The van der Waals surface area contributed by atoms with Crippen LogP contribution in [0.2, 0.25) is 0 Å². The molecule has 4 aromatic carbocycles. The molecule has 4 aromatic rings. The van der Waals surface area contributed by atoms with Gasteiger partial charge in [0.1, 0.15) is 0 Å². The normalized spacial score (nSPS) is 11.2. The van der Waals surface area contributed by atoms with Crippen LogP contribution in [0.3, 0.4) is 0 Å². The van der Waals surface area contributed by atoms with E-state index in [4.69, 9.17) is 4.43 Å². The van der Waals surface area contributed by atoms with E-state index in [9.17, 15) is 0 Å². The van der Waals surface area contributed by atoms with Gasteiger partial charge in [0, 0.05) is 7.11 Å². The first-order valence-corrected chi connectivity index (χ1v) is 8.58. The van der Waals surface area contributed by atoms with E-state index in [1.807, 2.05) is 0 Å². The van der Waals surface area contributed by atoms with Gasteiger partial charge in [-0.2, -0.15) is 0 Å². The monoisotopic (exact) mass is 312 g/mol. The van der Waals surface area contributed by atoms with E-state index >= 15 is 0 Å². The van der Waals surface area contributed by atoms with Crippen molar-refractivity contribution in [2.75, 3.05) is 7.11 Å². The van der Waals surface area contributed by atoms with Gasteiger partial charge in [0.15, 0.2) is 0 Å². The van der Waals surface area contributed by atoms with Crippen molar-refractivity contribution in [3.63, 3.8) is 0 Å². The Balaban J connectivity index is 2.12. The van der Waals surface area contributed by atoms with Crippen LogP contribution in [0.4, 0.5) is 0 Å². The summed E-state index contributed by atoms with van der Waals surface area (Å²) in [6.45, 7) is 0. The fourth-order valence-corrected chi connectivity index (χ4v) is 3.94. The molecule has 2 radical (unpaired) electrons. The van der Waals surface area contributed by atoms with Crippen molar-refractivity contribution in [3.05, 3.63) is 78.9 Å². The molecule has 0 aliphatic rings. The van der Waals surface area contributed by atoms with Crippen molar-refractivity contribution in [2.45, 2.75) is 0 Å². The van der Waals surface area contributed by atoms with E-state index in [2.05, 4.69) is 78.9 Å². The Hall–Kier alpha value is -2.42. The van der Waals surface area contributed by atoms with Gasteiger partial charge in [-0.1, -0.05) is 78.9 Å². The third-order valence-electron chi connectivity index (χ3n) is 4.20. The van der Waals surface area contributed by atoms with E-state index < -0.39 is 0 Å². The van der Waals surface area contributed by atoms with Crippen molar-refractivity contribution in [1.82, 2.24) is 0 Å². The average molecular weight is 312 g/mol. The Bertz CT molecular complexity index is 986. The minimum absolute atomic E-state index is 0.346. The topological polar surface area (TPSA) is 9.23 Å². The molecule has 0 aromatic heterocycles. The number of rotatable bonds is 3. The highest BCUT2D eigenvalue weighted by Gasteiger charge is 2.13. The van der Waals surface area contributed by atoms with E-state index in [-0.39, 0.29) is 0 Å². The highest BCUT2D eigenvalue weighted by Crippen LogP contribution is 2.32. The van der Waals surface area contributed by atoms with Crippen LogP contribution in [-0.4, -0.2) is 16.9 Å². The van der Waals surface area contributed by atoms with Crippen LogP contribution in [0.25, 0.3) is 32.7 Å². The highest BCUT2D eigenvalue weighted by molar-refractivity contribution is 6.50. The van der Waals surface area contributed by atoms with Crippen molar-refractivity contribution in [3.8, 4) is 11.1 Å². The molecule has 23 heavy (non-hydrogen) atoms. The fourth-order valence-electron chi connectivity index (χ4n) is 3.20. The van der Waals surface area contributed by atoms with Crippen molar-refractivity contribution in [1.29, 1.82) is 0 Å². The molecule has 0 fully saturated rings. The van der Waals surface area contributed by atoms with E-state index in [1.54, 1.807) is 7.11 Å². The fraction of sp³-hybridized carbons (Fsp3) is 0.0476. The number of fused-ring (bicyclic) bond motifs is 2. The first kappa shape index (κ1) is 14.2. The molecule has 0 saturated heterocycles. The van der Waals surface area contributed by atoms with Gasteiger partial charge in [-0.15, -0.1) is 0 Å². The highest BCUT2D eigenvalue weighted by atomic mass is 28.2. The molecule has 0 heterocycles. The molecule has 0 atom stereocenters. The second kappa shape index (κ2) is 5.99. The third kappa shape index (κ3) is 2.46. The van der Waals surface area contributed by atoms with Crippen molar-refractivity contribution in [2.24, 2.45) is 0 Å². The minimum atomic E-state index is 0.346. The second-order valence-electron chi connectivity index (χ2n) is 5.54. The molecule has 0 unspecified atom stereocenters. The lowest BCUT2D eigenvalue weighted by Gasteiger charge is -2.14. The number of hydrogen-bond donors (Lipinski definition) is 0. The lowest BCUT2D eigenvalue weighted by molar-refractivity contribution is 0.450. The second-order valence-corrected chi connectivity index (χ2v) is 6.69. The zero-order valence-electron chi connectivity index (χ0n) is 12.9. The lowest BCUT2D eigenvalue weighted by atomic mass is 9.94. The van der Waals surface area contributed by atoms with Gasteiger partial charge in [-0.25, -0.2) is 0 Å². The van der Waals surface area contributed by atoms with Gasteiger partial charge in [0.25, 0.3) is 9.76 Å². The Morgan fingerprint density at radius 1 is 0.652 bits per heavy atom. The van der Waals surface area contributed by atoms with Gasteiger partial charge < -0.3 is 4.43 Å². The molecular weight excluding hydrogens is 296 g/mol. The van der Waals surface area contributed by atoms with Crippen molar-refractivity contribution >= 4 is 36.5 Å². The minimum Gasteiger partial charge on any atom is -0.415 e. The molecule has 4 rings (SSSR count). The van der Waals surface area contributed by atoms with Gasteiger partial charge in [0.05, 0.1) is 0 Å². The molecule has 0 amide bonds. The molecule has 2 heteroatoms. The maximum Gasteiger partial charge on any atom is 0.268 e. The summed E-state index contributed by atoms with van der Waals surface area (Å²) in [6.07, 6.45) is 0. The molecule has 0 aliphatic heterocycles. The predicted molar refractivity (Wildman–Crippen MR) is 99.3 cm³/mol. The Morgan fingerprint density at radius 3 is 2.09 bits per heavy atom. The molecular formula is C21H16OSi. The van der Waals surface area contributed by atoms with Gasteiger partial charge >= 0.3 is 0 Å². The Morgan fingerprint density at radius 2 is 1.30 bits per heavy atom. The quantitative estimate of drug-likeness (QED) is 0.504. The summed E-state index contributed by atoms with van der Waals surface area (Å²) in [5, 5.41) is 6.35. The predicted octanol–water partition coefficient (Wildman–Crippen LogP) is 4.55. The molecule has 0 spiro atoms. The SMILES string of the molecule is CO[Si]c1ccc2ccccc2c1-c1cccc2ccccc12. The van der Waals surface area contributed by atoms with Gasteiger partial charge in [-0.3, -0.25) is 0 Å². The van der Waals surface area contributed by atoms with Crippen LogP contribution in [0.1, 0.15) is 0 Å². The zero-order valence-corrected chi connectivity index (χ0v) is 13.9. The van der Waals surface area contributed by atoms with Crippen LogP contribution in [0.15, 0.2) is 78.9 Å². The Kier molecular flexibility index (Phi) is 3.70. The molecule has 0 saturated carbocycles. The van der Waals surface area contributed by atoms with Crippen LogP contribution in [-0.2, 0) is 4.43 Å². The Labute approximate surface area is 138 Å². The summed E-state index contributed by atoms with van der Waals surface area (Å²) in [4.78, 5) is 0. The number of benzene rings is 4. The van der Waals surface area contributed by atoms with Crippen LogP contribution >= 0.6 is 0 Å². The summed E-state index contributed by atoms with van der Waals surface area (Å²) in [7, 11) is 2.11. The largest absolute Gasteiger partial charge is 0.415 e. The average Bonchev–Trinajstić information content (AvgIpc) is 2.61. The van der Waals surface area contributed by atoms with Crippen LogP contribution in [0.5, 0.6) is 0 Å². The smallest absolute Gasteiger partial charge is 0.268 e. The van der Waals surface area contributed by atoms with E-state index in [0.717, 1.165) is 0 Å². The van der Waals surface area contributed by atoms with E-state index in [0.29, 0.717) is 9.76 Å². The molecule has 0 aliphatic carbocycles. The summed E-state index contributed by atoms with van der Waals surface area (Å²) >= 11 is 0. The van der Waals surface area contributed by atoms with Crippen LogP contribution < -0.4 is 5.19 Å². The molecule has 0 N–H and O–H groups in total. The standard InChI is InChI=1S/C21H16OSi/c1-22-23-20-14-13-16-8-3-5-11-18(16)21(20)19-12-6-9-15-7-2-4-10-17(15)19/h2-14H,1H3. The first-order valence-electron chi connectivity index (χ1n) is 7.67. The third-order valence-corrected chi connectivity index (χ3v) is 5.04. The summed E-state index contributed by atoms with van der Waals surface area (Å²) < 4.78 is 5.48. The maximum absolute atomic E-state index is 5.48. The maximum atomic E-state index is 5.48. The molecule has 0 bridgehead atoms. The summed E-state index contributed by atoms with van der Waals surface area (Å²) in [5.74, 6) is 0. The zero-order chi connectivity index (χ0) is 15.6. The van der Waals surface area contributed by atoms with Crippen LogP contribution in [0, 0.1) is 0 Å². The first-order chi connectivity index (χ1) is 11.4. The van der Waals surface area contributed by atoms with Gasteiger partial charge in [-0.05, 0) is 37.9 Å². The molecule has 110 valence electrons. The summed E-state index contributed by atoms with van der Waals surface area (Å²) in [6, 6.07) is 28.0. The van der Waals surface area contributed by atoms with Gasteiger partial charge in [0.2, 0.25) is 0 Å². The van der Waals surface area contributed by atoms with E-state index in [1.165, 1.54) is 37.9 Å². The lowest BCUT2D eigenvalue weighted by Crippen LogP contribution is -2.19. The number of hydrogen-bond acceptors (Lipinski definition) is 1. The van der Waals surface area contributed by atoms with Crippen molar-refractivity contribution < 1.29 is 4.43 Å².